The van der Waals surface area contributed by atoms with E-state index in [2.05, 4.69) is 34.8 Å². The highest BCUT2D eigenvalue weighted by molar-refractivity contribution is 14.1. The van der Waals surface area contributed by atoms with Crippen LogP contribution in [0.5, 0.6) is 0 Å². The van der Waals surface area contributed by atoms with Crippen LogP contribution in [0.15, 0.2) is 18.2 Å². The minimum Gasteiger partial charge on any atom is -0.347 e. The van der Waals surface area contributed by atoms with Gasteiger partial charge in [-0.15, -0.1) is 0 Å². The van der Waals surface area contributed by atoms with E-state index in [4.69, 9.17) is 0 Å². The fraction of sp³-hybridized carbons (Fsp3) is 0.417. The van der Waals surface area contributed by atoms with Crippen LogP contribution in [0.4, 0.5) is 0 Å². The van der Waals surface area contributed by atoms with Gasteiger partial charge >= 0.3 is 0 Å². The molecule has 1 N–H and O–H groups in total. The average Bonchev–Trinajstić information content (AvgIpc) is 2.88. The normalized spacial score (nSPS) is 17.3. The summed E-state index contributed by atoms with van der Waals surface area (Å²) in [5.74, 6) is 0.0584. The summed E-state index contributed by atoms with van der Waals surface area (Å²) in [6.07, 6.45) is 2.20. The highest BCUT2D eigenvalue weighted by Crippen LogP contribution is 2.34. The predicted molar refractivity (Wildman–Crippen MR) is 69.0 cm³/mol. The van der Waals surface area contributed by atoms with Crippen LogP contribution in [-0.4, -0.2) is 11.4 Å². The maximum absolute atomic E-state index is 12.0. The van der Waals surface area contributed by atoms with E-state index in [0.29, 0.717) is 0 Å². The van der Waals surface area contributed by atoms with Crippen molar-refractivity contribution in [1.82, 2.24) is 5.32 Å². The van der Waals surface area contributed by atoms with Crippen LogP contribution < -0.4 is 5.32 Å². The smallest absolute Gasteiger partial charge is 0.252 e. The molecule has 0 radical (unpaired) electrons. The summed E-state index contributed by atoms with van der Waals surface area (Å²) in [5, 5.41) is 3.07. The number of rotatable bonds is 2. The zero-order valence-corrected chi connectivity index (χ0v) is 11.1. The quantitative estimate of drug-likeness (QED) is 0.836. The van der Waals surface area contributed by atoms with Gasteiger partial charge < -0.3 is 5.32 Å². The summed E-state index contributed by atoms with van der Waals surface area (Å²) in [6, 6.07) is 5.84. The molecule has 80 valence electrons. The Hall–Kier alpha value is -0.580. The molecule has 15 heavy (non-hydrogen) atoms. The lowest BCUT2D eigenvalue weighted by Gasteiger charge is -2.13. The summed E-state index contributed by atoms with van der Waals surface area (Å²) in [4.78, 5) is 12.0. The van der Waals surface area contributed by atoms with Gasteiger partial charge in [0.05, 0.1) is 5.56 Å². The second-order valence-corrected chi connectivity index (χ2v) is 5.53. The van der Waals surface area contributed by atoms with Crippen molar-refractivity contribution in [3.63, 3.8) is 0 Å². The molecule has 1 aliphatic rings. The van der Waals surface area contributed by atoms with E-state index in [9.17, 15) is 4.79 Å². The van der Waals surface area contributed by atoms with E-state index >= 15 is 0 Å². The SMILES string of the molecule is Cc1cccc(C(=O)NC2(C)CC2)c1I. The van der Waals surface area contributed by atoms with E-state index in [0.717, 1.165) is 27.5 Å². The lowest BCUT2D eigenvalue weighted by atomic mass is 10.1. The van der Waals surface area contributed by atoms with Crippen molar-refractivity contribution in [2.24, 2.45) is 0 Å². The van der Waals surface area contributed by atoms with Gasteiger partial charge in [-0.25, -0.2) is 0 Å². The Bertz CT molecular complexity index is 410. The molecule has 1 amide bonds. The molecule has 1 aromatic carbocycles. The minimum atomic E-state index is 0.0584. The van der Waals surface area contributed by atoms with Gasteiger partial charge in [-0.2, -0.15) is 0 Å². The number of hydrogen-bond acceptors (Lipinski definition) is 1. The molecule has 0 spiro atoms. The molecule has 1 aromatic rings. The number of carbonyl (C=O) groups excluding carboxylic acids is 1. The lowest BCUT2D eigenvalue weighted by molar-refractivity contribution is 0.0934. The van der Waals surface area contributed by atoms with E-state index in [1.807, 2.05) is 25.1 Å². The molecule has 2 nitrogen and oxygen atoms in total. The standard InChI is InChI=1S/C12H14INO/c1-8-4-3-5-9(10(8)13)11(15)14-12(2)6-7-12/h3-5H,6-7H2,1-2H3,(H,14,15). The molecule has 0 aliphatic heterocycles. The molecule has 0 heterocycles. The number of hydrogen-bond donors (Lipinski definition) is 1. The Morgan fingerprint density at radius 1 is 1.47 bits per heavy atom. The van der Waals surface area contributed by atoms with Crippen LogP contribution in [0.1, 0.15) is 35.7 Å². The fourth-order valence-electron chi connectivity index (χ4n) is 1.48. The fourth-order valence-corrected chi connectivity index (χ4v) is 2.08. The molecule has 0 bridgehead atoms. The van der Waals surface area contributed by atoms with E-state index in [-0.39, 0.29) is 11.4 Å². The lowest BCUT2D eigenvalue weighted by Crippen LogP contribution is -2.34. The maximum atomic E-state index is 12.0. The summed E-state index contributed by atoms with van der Waals surface area (Å²) in [5.41, 5.74) is 2.01. The number of benzene rings is 1. The van der Waals surface area contributed by atoms with Crippen molar-refractivity contribution < 1.29 is 4.79 Å². The summed E-state index contributed by atoms with van der Waals surface area (Å²) >= 11 is 2.23. The summed E-state index contributed by atoms with van der Waals surface area (Å²) in [6.45, 7) is 4.12. The van der Waals surface area contributed by atoms with Crippen molar-refractivity contribution in [2.75, 3.05) is 0 Å². The topological polar surface area (TPSA) is 29.1 Å². The van der Waals surface area contributed by atoms with Crippen LogP contribution in [-0.2, 0) is 0 Å². The highest BCUT2D eigenvalue weighted by Gasteiger charge is 2.39. The van der Waals surface area contributed by atoms with Crippen LogP contribution in [0.25, 0.3) is 0 Å². The van der Waals surface area contributed by atoms with Gasteiger partial charge in [0.15, 0.2) is 0 Å². The third-order valence-electron chi connectivity index (χ3n) is 2.85. The maximum Gasteiger partial charge on any atom is 0.252 e. The molecule has 0 aromatic heterocycles. The van der Waals surface area contributed by atoms with Gasteiger partial charge in [0.25, 0.3) is 5.91 Å². The summed E-state index contributed by atoms with van der Waals surface area (Å²) < 4.78 is 1.05. The van der Waals surface area contributed by atoms with Gasteiger partial charge in [0.1, 0.15) is 0 Å². The van der Waals surface area contributed by atoms with Crippen molar-refractivity contribution in [2.45, 2.75) is 32.2 Å². The first-order valence-electron chi connectivity index (χ1n) is 5.09. The molecule has 1 saturated carbocycles. The van der Waals surface area contributed by atoms with Gasteiger partial charge in [-0.05, 0) is 60.9 Å². The van der Waals surface area contributed by atoms with Crippen LogP contribution in [0.3, 0.4) is 0 Å². The van der Waals surface area contributed by atoms with E-state index in [1.165, 1.54) is 0 Å². The van der Waals surface area contributed by atoms with Crippen molar-refractivity contribution >= 4 is 28.5 Å². The molecule has 3 heteroatoms. The molecular formula is C12H14INO. The first kappa shape index (κ1) is 10.9. The predicted octanol–water partition coefficient (Wildman–Crippen LogP) is 2.88. The minimum absolute atomic E-state index is 0.0584. The molecule has 1 fully saturated rings. The van der Waals surface area contributed by atoms with Crippen molar-refractivity contribution in [3.8, 4) is 0 Å². The second-order valence-electron chi connectivity index (χ2n) is 4.45. The molecule has 0 unspecified atom stereocenters. The Balaban J connectivity index is 2.21. The molecule has 1 aliphatic carbocycles. The van der Waals surface area contributed by atoms with Gasteiger partial charge in [-0.3, -0.25) is 4.79 Å². The average molecular weight is 315 g/mol. The Kier molecular flexibility index (Phi) is 2.75. The van der Waals surface area contributed by atoms with E-state index < -0.39 is 0 Å². The van der Waals surface area contributed by atoms with Crippen LogP contribution >= 0.6 is 22.6 Å². The van der Waals surface area contributed by atoms with Gasteiger partial charge in [0, 0.05) is 9.11 Å². The highest BCUT2D eigenvalue weighted by atomic mass is 127. The largest absolute Gasteiger partial charge is 0.347 e. The number of amides is 1. The Morgan fingerprint density at radius 2 is 2.13 bits per heavy atom. The van der Waals surface area contributed by atoms with Gasteiger partial charge in [-0.1, -0.05) is 12.1 Å². The molecule has 2 rings (SSSR count). The monoisotopic (exact) mass is 315 g/mol. The van der Waals surface area contributed by atoms with Crippen molar-refractivity contribution in [3.05, 3.63) is 32.9 Å². The Morgan fingerprint density at radius 3 is 2.73 bits per heavy atom. The Labute approximate surface area is 104 Å². The first-order valence-corrected chi connectivity index (χ1v) is 6.17. The third kappa shape index (κ3) is 2.33. The third-order valence-corrected chi connectivity index (χ3v) is 4.28. The number of halogens is 1. The zero-order valence-electron chi connectivity index (χ0n) is 8.93. The molecule has 0 atom stereocenters. The summed E-state index contributed by atoms with van der Waals surface area (Å²) in [7, 11) is 0. The number of aryl methyl sites for hydroxylation is 1. The molecule has 0 saturated heterocycles. The van der Waals surface area contributed by atoms with E-state index in [1.54, 1.807) is 0 Å². The molecular weight excluding hydrogens is 301 g/mol. The number of nitrogens with one attached hydrogen (secondary N) is 1. The number of carbonyl (C=O) groups is 1. The second kappa shape index (κ2) is 3.77. The zero-order chi connectivity index (χ0) is 11.1. The van der Waals surface area contributed by atoms with Crippen LogP contribution in [0.2, 0.25) is 0 Å². The van der Waals surface area contributed by atoms with Crippen molar-refractivity contribution in [1.29, 1.82) is 0 Å². The van der Waals surface area contributed by atoms with Gasteiger partial charge in [0.2, 0.25) is 0 Å². The first-order chi connectivity index (χ1) is 7.02. The van der Waals surface area contributed by atoms with Crippen LogP contribution in [0, 0.1) is 10.5 Å².